The predicted octanol–water partition coefficient (Wildman–Crippen LogP) is 2.57. The van der Waals surface area contributed by atoms with Crippen LogP contribution in [-0.2, 0) is 11.2 Å². The summed E-state index contributed by atoms with van der Waals surface area (Å²) in [5, 5.41) is 6.09. The number of nitrogens with one attached hydrogen (secondary N) is 2. The normalized spacial score (nSPS) is 26.1. The van der Waals surface area contributed by atoms with Gasteiger partial charge in [0.2, 0.25) is 5.91 Å². The van der Waals surface area contributed by atoms with Gasteiger partial charge in [-0.15, -0.1) is 0 Å². The predicted molar refractivity (Wildman–Crippen MR) is 72.8 cm³/mol. The molecule has 0 radical (unpaired) electrons. The minimum absolute atomic E-state index is 0.109. The number of fused-ring (bicyclic) bond motifs is 1. The molecule has 2 N–H and O–H groups in total. The van der Waals surface area contributed by atoms with E-state index in [2.05, 4.69) is 10.6 Å². The summed E-state index contributed by atoms with van der Waals surface area (Å²) in [4.78, 5) is 11.6. The molecule has 2 unspecified atom stereocenters. The Balaban J connectivity index is 1.84. The summed E-state index contributed by atoms with van der Waals surface area (Å²) >= 11 is 0. The molecule has 1 saturated heterocycles. The summed E-state index contributed by atoms with van der Waals surface area (Å²) in [6.45, 7) is 2.87. The first-order valence-electron chi connectivity index (χ1n) is 7.01. The highest BCUT2D eigenvalue weighted by Gasteiger charge is 2.29. The SMILES string of the molecule is CC1C(=O)Nc2c(F)cc(CC3CCCCN3)cc21. The van der Waals surface area contributed by atoms with E-state index in [-0.39, 0.29) is 17.6 Å². The van der Waals surface area contributed by atoms with Gasteiger partial charge in [-0.25, -0.2) is 4.39 Å². The van der Waals surface area contributed by atoms with Crippen LogP contribution in [0.15, 0.2) is 12.1 Å². The molecule has 19 heavy (non-hydrogen) atoms. The second kappa shape index (κ2) is 4.93. The van der Waals surface area contributed by atoms with Crippen LogP contribution in [0.25, 0.3) is 0 Å². The molecule has 0 aliphatic carbocycles. The van der Waals surface area contributed by atoms with Gasteiger partial charge in [-0.2, -0.15) is 0 Å². The molecule has 1 amide bonds. The molecular formula is C15H19FN2O. The fourth-order valence-electron chi connectivity index (χ4n) is 3.03. The number of carbonyl (C=O) groups excluding carboxylic acids is 1. The maximum Gasteiger partial charge on any atom is 0.231 e. The van der Waals surface area contributed by atoms with Crippen molar-refractivity contribution in [3.8, 4) is 0 Å². The van der Waals surface area contributed by atoms with Crippen molar-refractivity contribution in [2.45, 2.75) is 44.6 Å². The van der Waals surface area contributed by atoms with Crippen molar-refractivity contribution in [2.24, 2.45) is 0 Å². The van der Waals surface area contributed by atoms with Gasteiger partial charge in [0.15, 0.2) is 0 Å². The number of hydrogen-bond acceptors (Lipinski definition) is 2. The third-order valence-corrected chi connectivity index (χ3v) is 4.18. The lowest BCUT2D eigenvalue weighted by atomic mass is 9.94. The van der Waals surface area contributed by atoms with Crippen LogP contribution in [0.4, 0.5) is 10.1 Å². The van der Waals surface area contributed by atoms with Gasteiger partial charge in [-0.3, -0.25) is 4.79 Å². The van der Waals surface area contributed by atoms with Crippen LogP contribution in [0.5, 0.6) is 0 Å². The number of hydrogen-bond donors (Lipinski definition) is 2. The molecular weight excluding hydrogens is 243 g/mol. The quantitative estimate of drug-likeness (QED) is 0.860. The molecule has 0 spiro atoms. The number of rotatable bonds is 2. The van der Waals surface area contributed by atoms with Crippen LogP contribution in [0.2, 0.25) is 0 Å². The maximum absolute atomic E-state index is 14.0. The Morgan fingerprint density at radius 3 is 2.95 bits per heavy atom. The Morgan fingerprint density at radius 2 is 2.21 bits per heavy atom. The van der Waals surface area contributed by atoms with Crippen molar-refractivity contribution in [3.05, 3.63) is 29.1 Å². The topological polar surface area (TPSA) is 41.1 Å². The summed E-state index contributed by atoms with van der Waals surface area (Å²) < 4.78 is 14.0. The molecule has 2 aliphatic rings. The molecule has 1 aromatic rings. The van der Waals surface area contributed by atoms with Crippen molar-refractivity contribution in [3.63, 3.8) is 0 Å². The molecule has 2 atom stereocenters. The Hall–Kier alpha value is -1.42. The molecule has 3 nitrogen and oxygen atoms in total. The van der Waals surface area contributed by atoms with Crippen LogP contribution in [0.1, 0.15) is 43.2 Å². The number of halogens is 1. The second-order valence-electron chi connectivity index (χ2n) is 5.60. The lowest BCUT2D eigenvalue weighted by molar-refractivity contribution is -0.116. The molecule has 0 saturated carbocycles. The number of piperidine rings is 1. The Bertz CT molecular complexity index is 509. The van der Waals surface area contributed by atoms with Gasteiger partial charge >= 0.3 is 0 Å². The number of benzene rings is 1. The lowest BCUT2D eigenvalue weighted by Gasteiger charge is -2.23. The van der Waals surface area contributed by atoms with Crippen LogP contribution < -0.4 is 10.6 Å². The van der Waals surface area contributed by atoms with E-state index < -0.39 is 0 Å². The van der Waals surface area contributed by atoms with Crippen LogP contribution in [0, 0.1) is 5.82 Å². The molecule has 0 bridgehead atoms. The van der Waals surface area contributed by atoms with E-state index in [4.69, 9.17) is 0 Å². The molecule has 2 heterocycles. The fraction of sp³-hybridized carbons (Fsp3) is 0.533. The van der Waals surface area contributed by atoms with Crippen molar-refractivity contribution in [2.75, 3.05) is 11.9 Å². The van der Waals surface area contributed by atoms with Gasteiger partial charge in [0.25, 0.3) is 0 Å². The average Bonchev–Trinajstić information content (AvgIpc) is 2.68. The highest BCUT2D eigenvalue weighted by Crippen LogP contribution is 2.35. The van der Waals surface area contributed by atoms with Crippen LogP contribution in [-0.4, -0.2) is 18.5 Å². The second-order valence-corrected chi connectivity index (χ2v) is 5.60. The first kappa shape index (κ1) is 12.6. The molecule has 3 rings (SSSR count). The third-order valence-electron chi connectivity index (χ3n) is 4.18. The van der Waals surface area contributed by atoms with Gasteiger partial charge in [0.1, 0.15) is 5.82 Å². The third kappa shape index (κ3) is 2.37. The Labute approximate surface area is 112 Å². The van der Waals surface area contributed by atoms with Crippen LogP contribution >= 0.6 is 0 Å². The van der Waals surface area contributed by atoms with Gasteiger partial charge in [-0.1, -0.05) is 12.5 Å². The van der Waals surface area contributed by atoms with E-state index in [9.17, 15) is 9.18 Å². The van der Waals surface area contributed by atoms with Crippen molar-refractivity contribution in [1.29, 1.82) is 0 Å². The first-order chi connectivity index (χ1) is 9.15. The standard InChI is InChI=1S/C15H19FN2O/c1-9-12-7-10(6-11-4-2-3-5-17-11)8-13(16)14(12)18-15(9)19/h7-9,11,17H,2-6H2,1H3,(H,18,19). The summed E-state index contributed by atoms with van der Waals surface area (Å²) in [5.74, 6) is -0.661. The summed E-state index contributed by atoms with van der Waals surface area (Å²) in [7, 11) is 0. The highest BCUT2D eigenvalue weighted by molar-refractivity contribution is 6.02. The van der Waals surface area contributed by atoms with Gasteiger partial charge in [0.05, 0.1) is 11.6 Å². The first-order valence-corrected chi connectivity index (χ1v) is 7.01. The number of carbonyl (C=O) groups is 1. The summed E-state index contributed by atoms with van der Waals surface area (Å²) in [6, 6.07) is 3.98. The van der Waals surface area contributed by atoms with Crippen molar-refractivity contribution in [1.82, 2.24) is 5.32 Å². The number of anilines is 1. The summed E-state index contributed by atoms with van der Waals surface area (Å²) in [5.41, 5.74) is 2.16. The monoisotopic (exact) mass is 262 g/mol. The smallest absolute Gasteiger partial charge is 0.231 e. The minimum Gasteiger partial charge on any atom is -0.323 e. The van der Waals surface area contributed by atoms with Gasteiger partial charge in [-0.05, 0) is 49.9 Å². The van der Waals surface area contributed by atoms with E-state index in [1.807, 2.05) is 13.0 Å². The van der Waals surface area contributed by atoms with E-state index in [0.29, 0.717) is 11.7 Å². The zero-order chi connectivity index (χ0) is 13.4. The maximum atomic E-state index is 14.0. The van der Waals surface area contributed by atoms with Crippen molar-refractivity contribution >= 4 is 11.6 Å². The molecule has 2 aliphatic heterocycles. The van der Waals surface area contributed by atoms with E-state index in [0.717, 1.165) is 30.5 Å². The molecule has 4 heteroatoms. The zero-order valence-electron chi connectivity index (χ0n) is 11.1. The number of amides is 1. The molecule has 102 valence electrons. The Kier molecular flexibility index (Phi) is 3.27. The van der Waals surface area contributed by atoms with Crippen molar-refractivity contribution < 1.29 is 9.18 Å². The largest absolute Gasteiger partial charge is 0.323 e. The average molecular weight is 262 g/mol. The minimum atomic E-state index is -0.305. The van der Waals surface area contributed by atoms with E-state index >= 15 is 0 Å². The summed E-state index contributed by atoms with van der Waals surface area (Å²) in [6.07, 6.45) is 4.45. The van der Waals surface area contributed by atoms with E-state index in [1.165, 1.54) is 12.8 Å². The molecule has 0 aromatic heterocycles. The molecule has 1 fully saturated rings. The van der Waals surface area contributed by atoms with E-state index in [1.54, 1.807) is 6.07 Å². The Morgan fingerprint density at radius 1 is 1.37 bits per heavy atom. The zero-order valence-corrected chi connectivity index (χ0v) is 11.1. The van der Waals surface area contributed by atoms with Gasteiger partial charge < -0.3 is 10.6 Å². The van der Waals surface area contributed by atoms with Crippen LogP contribution in [0.3, 0.4) is 0 Å². The highest BCUT2D eigenvalue weighted by atomic mass is 19.1. The fourth-order valence-corrected chi connectivity index (χ4v) is 3.03. The van der Waals surface area contributed by atoms with Gasteiger partial charge in [0, 0.05) is 6.04 Å². The lowest BCUT2D eigenvalue weighted by Crippen LogP contribution is -2.35. The molecule has 1 aromatic carbocycles.